The minimum atomic E-state index is -1.64. The van der Waals surface area contributed by atoms with Gasteiger partial charge in [0.1, 0.15) is 0 Å². The Morgan fingerprint density at radius 3 is 1.74 bits per heavy atom. The standard InChI is InChI=1S/C20H37FO2/c1-2-3-4-5-6-7-8-9-10-11-12-13-14-18(17-15-16-17)19(21)20(22)23/h17-19H,2-16H2,1H3,(H,22,23). The summed E-state index contributed by atoms with van der Waals surface area (Å²) in [6.07, 6.45) is 16.7. The van der Waals surface area contributed by atoms with E-state index in [1.165, 1.54) is 64.2 Å². The number of hydrogen-bond donors (Lipinski definition) is 1. The molecule has 0 spiro atoms. The highest BCUT2D eigenvalue weighted by molar-refractivity contribution is 5.72. The summed E-state index contributed by atoms with van der Waals surface area (Å²) in [4.78, 5) is 10.8. The topological polar surface area (TPSA) is 37.3 Å². The normalized spacial score (nSPS) is 17.1. The van der Waals surface area contributed by atoms with Crippen LogP contribution in [0.2, 0.25) is 0 Å². The summed E-state index contributed by atoms with van der Waals surface area (Å²) in [7, 11) is 0. The Bertz CT molecular complexity index is 302. The second kappa shape index (κ2) is 12.8. The van der Waals surface area contributed by atoms with Crippen molar-refractivity contribution in [2.24, 2.45) is 11.8 Å². The van der Waals surface area contributed by atoms with Crippen LogP contribution in [0.4, 0.5) is 4.39 Å². The SMILES string of the molecule is CCCCCCCCCCCCCCC(C1CC1)C(F)C(=O)O. The Hall–Kier alpha value is -0.600. The summed E-state index contributed by atoms with van der Waals surface area (Å²) >= 11 is 0. The first-order valence-electron chi connectivity index (χ1n) is 10.0. The number of aliphatic carboxylic acids is 1. The van der Waals surface area contributed by atoms with E-state index in [1.807, 2.05) is 0 Å². The van der Waals surface area contributed by atoms with Gasteiger partial charge in [-0.2, -0.15) is 0 Å². The van der Waals surface area contributed by atoms with Crippen molar-refractivity contribution in [3.8, 4) is 0 Å². The zero-order valence-electron chi connectivity index (χ0n) is 15.1. The van der Waals surface area contributed by atoms with E-state index >= 15 is 0 Å². The molecule has 0 aromatic carbocycles. The molecule has 3 heteroatoms. The third kappa shape index (κ3) is 9.99. The Morgan fingerprint density at radius 2 is 1.35 bits per heavy atom. The fraction of sp³-hybridized carbons (Fsp3) is 0.950. The summed E-state index contributed by atoms with van der Waals surface area (Å²) in [6, 6.07) is 0. The van der Waals surface area contributed by atoms with E-state index in [0.29, 0.717) is 5.92 Å². The highest BCUT2D eigenvalue weighted by atomic mass is 19.1. The van der Waals surface area contributed by atoms with Crippen molar-refractivity contribution >= 4 is 5.97 Å². The third-order valence-corrected chi connectivity index (χ3v) is 5.23. The molecule has 0 saturated heterocycles. The Labute approximate surface area is 142 Å². The first-order chi connectivity index (χ1) is 11.2. The minimum absolute atomic E-state index is 0.226. The van der Waals surface area contributed by atoms with Crippen LogP contribution in [0.1, 0.15) is 103 Å². The molecular weight excluding hydrogens is 291 g/mol. The Morgan fingerprint density at radius 1 is 0.913 bits per heavy atom. The average molecular weight is 329 g/mol. The quantitative estimate of drug-likeness (QED) is 0.327. The number of hydrogen-bond acceptors (Lipinski definition) is 1. The number of rotatable bonds is 16. The van der Waals surface area contributed by atoms with E-state index in [1.54, 1.807) is 0 Å². The van der Waals surface area contributed by atoms with Gasteiger partial charge in [-0.3, -0.25) is 0 Å². The van der Waals surface area contributed by atoms with Crippen LogP contribution in [0, 0.1) is 11.8 Å². The molecule has 0 aromatic rings. The molecule has 1 fully saturated rings. The number of carbonyl (C=O) groups is 1. The molecule has 0 aromatic heterocycles. The van der Waals surface area contributed by atoms with Gasteiger partial charge in [0, 0.05) is 5.92 Å². The minimum Gasteiger partial charge on any atom is -0.479 e. The lowest BCUT2D eigenvalue weighted by Crippen LogP contribution is -2.26. The van der Waals surface area contributed by atoms with Crippen LogP contribution >= 0.6 is 0 Å². The van der Waals surface area contributed by atoms with Crippen molar-refractivity contribution in [3.63, 3.8) is 0 Å². The molecule has 1 rings (SSSR count). The number of halogens is 1. The predicted molar refractivity (Wildman–Crippen MR) is 94.4 cm³/mol. The summed E-state index contributed by atoms with van der Waals surface area (Å²) in [6.45, 7) is 2.25. The average Bonchev–Trinajstić information content (AvgIpc) is 3.36. The van der Waals surface area contributed by atoms with Crippen molar-refractivity contribution in [2.45, 2.75) is 109 Å². The van der Waals surface area contributed by atoms with Gasteiger partial charge in [-0.05, 0) is 25.2 Å². The summed E-state index contributed by atoms with van der Waals surface area (Å²) < 4.78 is 13.7. The van der Waals surface area contributed by atoms with Crippen LogP contribution in [-0.2, 0) is 4.79 Å². The predicted octanol–water partition coefficient (Wildman–Crippen LogP) is 6.53. The van der Waals surface area contributed by atoms with Gasteiger partial charge in [0.25, 0.3) is 0 Å². The molecule has 2 atom stereocenters. The lowest BCUT2D eigenvalue weighted by atomic mass is 9.91. The number of carboxylic acid groups (broad SMARTS) is 1. The number of unbranched alkanes of at least 4 members (excludes halogenated alkanes) is 11. The van der Waals surface area contributed by atoms with Gasteiger partial charge >= 0.3 is 5.97 Å². The van der Waals surface area contributed by atoms with Gasteiger partial charge in [0.05, 0.1) is 0 Å². The second-order valence-electron chi connectivity index (χ2n) is 7.42. The lowest BCUT2D eigenvalue weighted by Gasteiger charge is -2.17. The molecule has 0 aliphatic heterocycles. The summed E-state index contributed by atoms with van der Waals surface area (Å²) in [5.74, 6) is -1.15. The smallest absolute Gasteiger partial charge is 0.338 e. The molecule has 2 nitrogen and oxygen atoms in total. The van der Waals surface area contributed by atoms with Crippen LogP contribution in [0.25, 0.3) is 0 Å². The van der Waals surface area contributed by atoms with Gasteiger partial charge < -0.3 is 5.11 Å². The van der Waals surface area contributed by atoms with E-state index in [-0.39, 0.29) is 5.92 Å². The Kier molecular flexibility index (Phi) is 11.4. The second-order valence-corrected chi connectivity index (χ2v) is 7.42. The fourth-order valence-electron chi connectivity index (χ4n) is 3.55. The molecule has 1 N–H and O–H groups in total. The maximum absolute atomic E-state index is 13.7. The lowest BCUT2D eigenvalue weighted by molar-refractivity contribution is -0.145. The zero-order chi connectivity index (χ0) is 16.9. The van der Waals surface area contributed by atoms with E-state index in [2.05, 4.69) is 6.92 Å². The van der Waals surface area contributed by atoms with E-state index < -0.39 is 12.1 Å². The van der Waals surface area contributed by atoms with Crippen molar-refractivity contribution in [2.75, 3.05) is 0 Å². The monoisotopic (exact) mass is 328 g/mol. The first kappa shape index (κ1) is 20.4. The molecule has 1 aliphatic carbocycles. The number of alkyl halides is 1. The molecule has 0 heterocycles. The van der Waals surface area contributed by atoms with Crippen molar-refractivity contribution in [1.82, 2.24) is 0 Å². The molecule has 0 bridgehead atoms. The van der Waals surface area contributed by atoms with E-state index in [4.69, 9.17) is 5.11 Å². The molecular formula is C20H37FO2. The van der Waals surface area contributed by atoms with Crippen LogP contribution in [0.15, 0.2) is 0 Å². The molecule has 2 unspecified atom stereocenters. The largest absolute Gasteiger partial charge is 0.479 e. The van der Waals surface area contributed by atoms with E-state index in [0.717, 1.165) is 32.1 Å². The molecule has 1 aliphatic rings. The molecule has 0 amide bonds. The molecule has 136 valence electrons. The van der Waals surface area contributed by atoms with Gasteiger partial charge in [0.15, 0.2) is 6.17 Å². The van der Waals surface area contributed by atoms with Gasteiger partial charge in [-0.15, -0.1) is 0 Å². The van der Waals surface area contributed by atoms with Gasteiger partial charge in [-0.25, -0.2) is 9.18 Å². The summed E-state index contributed by atoms with van der Waals surface area (Å²) in [5, 5.41) is 8.85. The van der Waals surface area contributed by atoms with Crippen molar-refractivity contribution < 1.29 is 14.3 Å². The van der Waals surface area contributed by atoms with Crippen LogP contribution in [0.3, 0.4) is 0 Å². The van der Waals surface area contributed by atoms with Crippen LogP contribution in [0.5, 0.6) is 0 Å². The highest BCUT2D eigenvalue weighted by Gasteiger charge is 2.39. The zero-order valence-corrected chi connectivity index (χ0v) is 15.1. The number of carboxylic acids is 1. The van der Waals surface area contributed by atoms with Gasteiger partial charge in [-0.1, -0.05) is 84.0 Å². The van der Waals surface area contributed by atoms with Crippen molar-refractivity contribution in [3.05, 3.63) is 0 Å². The Balaban J connectivity index is 1.89. The molecule has 23 heavy (non-hydrogen) atoms. The van der Waals surface area contributed by atoms with E-state index in [9.17, 15) is 9.18 Å². The highest BCUT2D eigenvalue weighted by Crippen LogP contribution is 2.42. The first-order valence-corrected chi connectivity index (χ1v) is 10.0. The van der Waals surface area contributed by atoms with Crippen molar-refractivity contribution in [1.29, 1.82) is 0 Å². The van der Waals surface area contributed by atoms with Gasteiger partial charge in [0.2, 0.25) is 0 Å². The molecule has 0 radical (unpaired) electrons. The molecule has 1 saturated carbocycles. The maximum atomic E-state index is 13.7. The van der Waals surface area contributed by atoms with Crippen LogP contribution < -0.4 is 0 Å². The summed E-state index contributed by atoms with van der Waals surface area (Å²) in [5.41, 5.74) is 0. The maximum Gasteiger partial charge on any atom is 0.338 e. The van der Waals surface area contributed by atoms with Crippen LogP contribution in [-0.4, -0.2) is 17.2 Å². The fourth-order valence-corrected chi connectivity index (χ4v) is 3.55. The third-order valence-electron chi connectivity index (χ3n) is 5.23.